The second-order valence-corrected chi connectivity index (χ2v) is 5.90. The zero-order valence-corrected chi connectivity index (χ0v) is 13.7. The molecule has 25 heavy (non-hydrogen) atoms. The molecule has 3 aromatic carbocycles. The molecular weight excluding hydrogens is 312 g/mol. The summed E-state index contributed by atoms with van der Waals surface area (Å²) in [6.45, 7) is 0. The van der Waals surface area contributed by atoms with Crippen molar-refractivity contribution in [3.05, 3.63) is 83.2 Å². The molecule has 4 nitrogen and oxygen atoms in total. The smallest absolute Gasteiger partial charge is 0.205 e. The summed E-state index contributed by atoms with van der Waals surface area (Å²) in [7, 11) is 1.63. The van der Waals surface area contributed by atoms with E-state index in [2.05, 4.69) is 12.1 Å². The minimum atomic E-state index is -0.272. The van der Waals surface area contributed by atoms with Crippen LogP contribution in [0.25, 0.3) is 10.8 Å². The van der Waals surface area contributed by atoms with Gasteiger partial charge in [0.15, 0.2) is 0 Å². The van der Waals surface area contributed by atoms with Crippen LogP contribution >= 0.6 is 0 Å². The highest BCUT2D eigenvalue weighted by Gasteiger charge is 2.32. The minimum Gasteiger partial charge on any atom is -0.497 e. The number of nitrogens with two attached hydrogens (primary N) is 1. The van der Waals surface area contributed by atoms with E-state index in [0.717, 1.165) is 27.6 Å². The first kappa shape index (κ1) is 15.1. The summed E-state index contributed by atoms with van der Waals surface area (Å²) in [5.74, 6) is 1.34. The van der Waals surface area contributed by atoms with E-state index in [1.54, 1.807) is 7.11 Å². The Bertz CT molecular complexity index is 1030. The van der Waals surface area contributed by atoms with Crippen LogP contribution in [0.3, 0.4) is 0 Å². The molecule has 0 aromatic heterocycles. The van der Waals surface area contributed by atoms with Crippen LogP contribution in [-0.4, -0.2) is 7.11 Å². The maximum absolute atomic E-state index is 9.70. The van der Waals surface area contributed by atoms with E-state index in [-0.39, 0.29) is 11.8 Å². The number of hydrogen-bond acceptors (Lipinski definition) is 4. The Hall–Kier alpha value is -3.45. The predicted molar refractivity (Wildman–Crippen MR) is 96.2 cm³/mol. The zero-order valence-electron chi connectivity index (χ0n) is 13.7. The molecule has 1 atom stereocenters. The number of methoxy groups -OCH3 is 1. The van der Waals surface area contributed by atoms with Gasteiger partial charge in [0.1, 0.15) is 23.1 Å². The Morgan fingerprint density at radius 2 is 1.80 bits per heavy atom. The lowest BCUT2D eigenvalue weighted by atomic mass is 9.81. The molecule has 0 saturated carbocycles. The van der Waals surface area contributed by atoms with E-state index >= 15 is 0 Å². The fourth-order valence-electron chi connectivity index (χ4n) is 3.37. The maximum Gasteiger partial charge on any atom is 0.205 e. The van der Waals surface area contributed by atoms with Crippen molar-refractivity contribution in [3.63, 3.8) is 0 Å². The number of benzene rings is 3. The van der Waals surface area contributed by atoms with Gasteiger partial charge in [-0.15, -0.1) is 0 Å². The number of nitriles is 1. The first-order valence-corrected chi connectivity index (χ1v) is 7.96. The molecule has 1 heterocycles. The van der Waals surface area contributed by atoms with E-state index in [1.165, 1.54) is 0 Å². The number of allylic oxidation sites excluding steroid dienone is 1. The van der Waals surface area contributed by atoms with E-state index in [9.17, 15) is 5.26 Å². The quantitative estimate of drug-likeness (QED) is 0.770. The van der Waals surface area contributed by atoms with Crippen LogP contribution < -0.4 is 15.2 Å². The Labute approximate surface area is 145 Å². The predicted octanol–water partition coefficient (Wildman–Crippen LogP) is 4.07. The highest BCUT2D eigenvalue weighted by atomic mass is 16.5. The van der Waals surface area contributed by atoms with Crippen molar-refractivity contribution in [1.29, 1.82) is 5.26 Å². The third kappa shape index (κ3) is 2.38. The van der Waals surface area contributed by atoms with Gasteiger partial charge in [0.25, 0.3) is 0 Å². The first-order valence-electron chi connectivity index (χ1n) is 7.96. The summed E-state index contributed by atoms with van der Waals surface area (Å²) >= 11 is 0. The van der Waals surface area contributed by atoms with Gasteiger partial charge in [0, 0.05) is 5.56 Å². The Kier molecular flexibility index (Phi) is 3.55. The minimum absolute atomic E-state index is 0.158. The maximum atomic E-state index is 9.70. The summed E-state index contributed by atoms with van der Waals surface area (Å²) in [6, 6.07) is 21.9. The number of fused-ring (bicyclic) bond motifs is 3. The molecule has 0 spiro atoms. The molecule has 4 rings (SSSR count). The normalized spacial score (nSPS) is 16.1. The summed E-state index contributed by atoms with van der Waals surface area (Å²) in [4.78, 5) is 0. The third-order valence-electron chi connectivity index (χ3n) is 4.56. The molecule has 0 aliphatic carbocycles. The van der Waals surface area contributed by atoms with Crippen molar-refractivity contribution >= 4 is 10.8 Å². The molecule has 1 aliphatic heterocycles. The van der Waals surface area contributed by atoms with Crippen molar-refractivity contribution in [2.24, 2.45) is 5.73 Å². The molecule has 0 bridgehead atoms. The Balaban J connectivity index is 2.00. The molecule has 1 aliphatic rings. The molecule has 3 aromatic rings. The highest BCUT2D eigenvalue weighted by Crippen LogP contribution is 2.45. The zero-order chi connectivity index (χ0) is 17.4. The number of ether oxygens (including phenoxy) is 2. The number of hydrogen-bond donors (Lipinski definition) is 1. The molecule has 122 valence electrons. The standard InChI is InChI=1S/C21H16N2O2/c1-24-15-9-6-14(7-10-15)19-17(12-22)21(23)25-18-11-8-13-4-2-3-5-16(13)20(18)19/h2-11,19H,23H2,1H3. The van der Waals surface area contributed by atoms with E-state index < -0.39 is 0 Å². The Morgan fingerprint density at radius 1 is 1.04 bits per heavy atom. The van der Waals surface area contributed by atoms with Gasteiger partial charge in [-0.2, -0.15) is 5.26 Å². The molecule has 1 unspecified atom stereocenters. The van der Waals surface area contributed by atoms with Crippen LogP contribution in [0.2, 0.25) is 0 Å². The molecular formula is C21H16N2O2. The molecule has 0 radical (unpaired) electrons. The van der Waals surface area contributed by atoms with Crippen LogP contribution in [0.5, 0.6) is 11.5 Å². The number of rotatable bonds is 2. The highest BCUT2D eigenvalue weighted by molar-refractivity contribution is 5.90. The van der Waals surface area contributed by atoms with Gasteiger partial charge in [-0.1, -0.05) is 42.5 Å². The van der Waals surface area contributed by atoms with Gasteiger partial charge >= 0.3 is 0 Å². The van der Waals surface area contributed by atoms with Crippen LogP contribution in [-0.2, 0) is 0 Å². The monoisotopic (exact) mass is 328 g/mol. The summed E-state index contributed by atoms with van der Waals surface area (Å²) in [5.41, 5.74) is 8.41. The van der Waals surface area contributed by atoms with Gasteiger partial charge in [-0.3, -0.25) is 0 Å². The molecule has 0 saturated heterocycles. The van der Waals surface area contributed by atoms with Gasteiger partial charge in [-0.05, 0) is 34.5 Å². The van der Waals surface area contributed by atoms with Crippen LogP contribution in [0.1, 0.15) is 17.0 Å². The average molecular weight is 328 g/mol. The average Bonchev–Trinajstić information content (AvgIpc) is 2.66. The van der Waals surface area contributed by atoms with Crippen LogP contribution in [0.4, 0.5) is 0 Å². The second-order valence-electron chi connectivity index (χ2n) is 5.90. The first-order chi connectivity index (χ1) is 12.2. The molecule has 0 fully saturated rings. The van der Waals surface area contributed by atoms with Gasteiger partial charge in [0.2, 0.25) is 5.88 Å². The van der Waals surface area contributed by atoms with Crippen molar-refractivity contribution in [3.8, 4) is 17.6 Å². The van der Waals surface area contributed by atoms with Gasteiger partial charge < -0.3 is 15.2 Å². The summed E-state index contributed by atoms with van der Waals surface area (Å²) < 4.78 is 11.0. The number of nitrogens with zero attached hydrogens (tertiary/aromatic N) is 1. The van der Waals surface area contributed by atoms with Crippen molar-refractivity contribution < 1.29 is 9.47 Å². The Morgan fingerprint density at radius 3 is 2.52 bits per heavy atom. The van der Waals surface area contributed by atoms with Crippen LogP contribution in [0.15, 0.2) is 72.1 Å². The van der Waals surface area contributed by atoms with Crippen molar-refractivity contribution in [2.45, 2.75) is 5.92 Å². The van der Waals surface area contributed by atoms with Crippen molar-refractivity contribution in [2.75, 3.05) is 7.11 Å². The largest absolute Gasteiger partial charge is 0.497 e. The second kappa shape index (κ2) is 5.88. The SMILES string of the molecule is COc1ccc(C2C(C#N)=C(N)Oc3ccc4ccccc4c32)cc1. The molecule has 2 N–H and O–H groups in total. The van der Waals surface area contributed by atoms with E-state index in [1.807, 2.05) is 54.6 Å². The fraction of sp³-hybridized carbons (Fsp3) is 0.0952. The van der Waals surface area contributed by atoms with Gasteiger partial charge in [0.05, 0.1) is 13.0 Å². The van der Waals surface area contributed by atoms with E-state index in [4.69, 9.17) is 15.2 Å². The molecule has 4 heteroatoms. The summed E-state index contributed by atoms with van der Waals surface area (Å²) in [5, 5.41) is 11.9. The lowest BCUT2D eigenvalue weighted by Gasteiger charge is -2.28. The fourth-order valence-corrected chi connectivity index (χ4v) is 3.37. The van der Waals surface area contributed by atoms with Crippen LogP contribution in [0, 0.1) is 11.3 Å². The van der Waals surface area contributed by atoms with Crippen molar-refractivity contribution in [1.82, 2.24) is 0 Å². The topological polar surface area (TPSA) is 68.3 Å². The lowest BCUT2D eigenvalue weighted by molar-refractivity contribution is 0.395. The lowest BCUT2D eigenvalue weighted by Crippen LogP contribution is -2.21. The third-order valence-corrected chi connectivity index (χ3v) is 4.56. The summed E-state index contributed by atoms with van der Waals surface area (Å²) in [6.07, 6.45) is 0. The molecule has 0 amide bonds. The van der Waals surface area contributed by atoms with Gasteiger partial charge in [-0.25, -0.2) is 0 Å². The van der Waals surface area contributed by atoms with E-state index in [0.29, 0.717) is 11.3 Å².